The van der Waals surface area contributed by atoms with Gasteiger partial charge in [0.2, 0.25) is 0 Å². The fourth-order valence-electron chi connectivity index (χ4n) is 13.1. The van der Waals surface area contributed by atoms with Gasteiger partial charge >= 0.3 is 0 Å². The van der Waals surface area contributed by atoms with Crippen LogP contribution in [0.25, 0.3) is 33.0 Å². The SMILES string of the molecule is Cc1cc2c3c(c1)N1c4c(cccc4C4(C)CCCCC14C)B3c1ccc(N(c3cccc(-c4ccc5ccccc5c4)c3)c3ccc(C(C)(C)C)cc3-c3ccccc3)cc1N2c1ccccc1. The Morgan fingerprint density at radius 3 is 2.04 bits per heavy atom. The first-order valence-corrected chi connectivity index (χ1v) is 25.2. The number of benzene rings is 9. The number of para-hydroxylation sites is 2. The van der Waals surface area contributed by atoms with Gasteiger partial charge in [-0.2, -0.15) is 0 Å². The van der Waals surface area contributed by atoms with Crippen molar-refractivity contribution in [2.75, 3.05) is 14.7 Å². The van der Waals surface area contributed by atoms with Crippen molar-refractivity contribution >= 4 is 79.4 Å². The second kappa shape index (κ2) is 15.4. The number of anilines is 8. The molecule has 0 bridgehead atoms. The Bertz CT molecular complexity index is 3520. The number of hydrogen-bond donors (Lipinski definition) is 0. The van der Waals surface area contributed by atoms with Crippen molar-refractivity contribution in [3.63, 3.8) is 0 Å². The van der Waals surface area contributed by atoms with E-state index in [0.717, 1.165) is 17.1 Å². The van der Waals surface area contributed by atoms with E-state index in [0.29, 0.717) is 0 Å². The lowest BCUT2D eigenvalue weighted by molar-refractivity contribution is 0.195. The Morgan fingerprint density at radius 1 is 0.536 bits per heavy atom. The molecule has 2 atom stereocenters. The van der Waals surface area contributed by atoms with Crippen LogP contribution in [0.3, 0.4) is 0 Å². The van der Waals surface area contributed by atoms with Crippen molar-refractivity contribution in [2.24, 2.45) is 0 Å². The molecule has 3 aliphatic heterocycles. The Balaban J connectivity index is 1.07. The molecule has 3 heterocycles. The van der Waals surface area contributed by atoms with E-state index in [-0.39, 0.29) is 23.1 Å². The van der Waals surface area contributed by atoms with Gasteiger partial charge in [-0.25, -0.2) is 0 Å². The van der Waals surface area contributed by atoms with Crippen LogP contribution in [0.4, 0.5) is 45.5 Å². The van der Waals surface area contributed by atoms with Crippen molar-refractivity contribution in [3.05, 3.63) is 211 Å². The lowest BCUT2D eigenvalue weighted by Crippen LogP contribution is -2.64. The summed E-state index contributed by atoms with van der Waals surface area (Å²) >= 11 is 0. The zero-order valence-corrected chi connectivity index (χ0v) is 40.7. The van der Waals surface area contributed by atoms with Gasteiger partial charge in [-0.3, -0.25) is 0 Å². The van der Waals surface area contributed by atoms with Gasteiger partial charge in [0.15, 0.2) is 0 Å². The molecule has 0 aromatic heterocycles. The molecular formula is C65H58BN3. The Morgan fingerprint density at radius 2 is 1.23 bits per heavy atom. The van der Waals surface area contributed by atoms with Crippen LogP contribution >= 0.6 is 0 Å². The first kappa shape index (κ1) is 41.9. The van der Waals surface area contributed by atoms with E-state index in [9.17, 15) is 0 Å². The molecule has 13 rings (SSSR count). The molecule has 4 heteroatoms. The van der Waals surface area contributed by atoms with E-state index in [1.807, 2.05) is 0 Å². The lowest BCUT2D eigenvalue weighted by Gasteiger charge is -2.52. The highest BCUT2D eigenvalue weighted by molar-refractivity contribution is 7.00. The van der Waals surface area contributed by atoms with Crippen molar-refractivity contribution in [1.82, 2.24) is 0 Å². The van der Waals surface area contributed by atoms with Crippen LogP contribution in [0.1, 0.15) is 77.0 Å². The quantitative estimate of drug-likeness (QED) is 0.154. The highest BCUT2D eigenvalue weighted by Crippen LogP contribution is 2.62. The van der Waals surface area contributed by atoms with E-state index < -0.39 is 0 Å². The summed E-state index contributed by atoms with van der Waals surface area (Å²) in [5, 5.41) is 2.49. The molecule has 0 spiro atoms. The van der Waals surface area contributed by atoms with E-state index >= 15 is 0 Å². The van der Waals surface area contributed by atoms with Crippen LogP contribution in [0.5, 0.6) is 0 Å². The molecular weight excluding hydrogens is 834 g/mol. The van der Waals surface area contributed by atoms with Crippen molar-refractivity contribution in [1.29, 1.82) is 0 Å². The molecule has 1 fully saturated rings. The predicted octanol–water partition coefficient (Wildman–Crippen LogP) is 15.6. The molecule has 0 radical (unpaired) electrons. The third-order valence-corrected chi connectivity index (χ3v) is 16.7. The Labute approximate surface area is 408 Å². The van der Waals surface area contributed by atoms with Gasteiger partial charge in [-0.05, 0) is 159 Å². The van der Waals surface area contributed by atoms with E-state index in [1.54, 1.807) is 0 Å². The zero-order valence-electron chi connectivity index (χ0n) is 40.7. The van der Waals surface area contributed by atoms with Crippen molar-refractivity contribution in [2.45, 2.75) is 83.6 Å². The summed E-state index contributed by atoms with van der Waals surface area (Å²) in [6, 6.07) is 73.6. The fourth-order valence-corrected chi connectivity index (χ4v) is 13.1. The molecule has 1 saturated carbocycles. The number of nitrogens with zero attached hydrogens (tertiary/aromatic N) is 3. The van der Waals surface area contributed by atoms with Gasteiger partial charge in [0.25, 0.3) is 6.71 Å². The minimum Gasteiger partial charge on any atom is -0.335 e. The minimum absolute atomic E-state index is 0.0151. The number of fused-ring (bicyclic) bond motifs is 8. The lowest BCUT2D eigenvalue weighted by atomic mass is 9.33. The first-order chi connectivity index (χ1) is 33.5. The summed E-state index contributed by atoms with van der Waals surface area (Å²) in [5.74, 6) is 0. The van der Waals surface area contributed by atoms with E-state index in [1.165, 1.54) is 120 Å². The molecule has 2 unspecified atom stereocenters. The second-order valence-corrected chi connectivity index (χ2v) is 21.8. The topological polar surface area (TPSA) is 9.72 Å². The van der Waals surface area contributed by atoms with Crippen molar-refractivity contribution < 1.29 is 0 Å². The van der Waals surface area contributed by atoms with Crippen LogP contribution in [0.2, 0.25) is 0 Å². The maximum atomic E-state index is 2.83. The van der Waals surface area contributed by atoms with Crippen LogP contribution in [-0.2, 0) is 10.8 Å². The summed E-state index contributed by atoms with van der Waals surface area (Å²) < 4.78 is 0. The standard InChI is InChI=1S/C65H58BN3/c1-43-37-59-61-60(38-43)69-62-54(64(5)35-15-16-36-65(64,69)6)27-18-28-56(62)66(61)55-33-32-52(42-58(55)68(59)50-24-11-8-12-25-50)67(57-34-31-49(63(2,3)4)41-53(57)45-20-9-7-10-21-45)51-26-17-23-47(40-51)48-30-29-44-19-13-14-22-46(44)39-48/h7-14,17-34,37-42H,15-16,35-36H2,1-6H3. The number of aryl methyl sites for hydroxylation is 1. The molecule has 0 amide bonds. The Hall–Kier alpha value is -7.30. The number of rotatable bonds is 6. The van der Waals surface area contributed by atoms with Gasteiger partial charge in [0.05, 0.1) is 11.2 Å². The van der Waals surface area contributed by atoms with Crippen LogP contribution in [0.15, 0.2) is 194 Å². The summed E-state index contributed by atoms with van der Waals surface area (Å²) in [6.07, 6.45) is 4.94. The van der Waals surface area contributed by atoms with E-state index in [4.69, 9.17) is 0 Å². The highest BCUT2D eigenvalue weighted by Gasteiger charge is 2.61. The van der Waals surface area contributed by atoms with Crippen LogP contribution < -0.4 is 31.1 Å². The smallest absolute Gasteiger partial charge is 0.252 e. The van der Waals surface area contributed by atoms with Gasteiger partial charge in [0, 0.05) is 50.8 Å². The molecule has 0 saturated heterocycles. The maximum absolute atomic E-state index is 2.83. The third-order valence-electron chi connectivity index (χ3n) is 16.7. The predicted molar refractivity (Wildman–Crippen MR) is 295 cm³/mol. The van der Waals surface area contributed by atoms with Gasteiger partial charge in [-0.15, -0.1) is 0 Å². The monoisotopic (exact) mass is 891 g/mol. The van der Waals surface area contributed by atoms with Crippen LogP contribution in [-0.4, -0.2) is 12.3 Å². The van der Waals surface area contributed by atoms with Gasteiger partial charge in [-0.1, -0.05) is 168 Å². The minimum atomic E-state index is -0.0327. The average Bonchev–Trinajstić information content (AvgIpc) is 3.59. The summed E-state index contributed by atoms with van der Waals surface area (Å²) in [7, 11) is 0. The highest BCUT2D eigenvalue weighted by atomic mass is 15.3. The summed E-state index contributed by atoms with van der Waals surface area (Å²) in [6.45, 7) is 14.5. The second-order valence-electron chi connectivity index (χ2n) is 21.8. The van der Waals surface area contributed by atoms with Crippen molar-refractivity contribution in [3.8, 4) is 22.3 Å². The first-order valence-electron chi connectivity index (χ1n) is 25.2. The molecule has 1 aliphatic carbocycles. The van der Waals surface area contributed by atoms with Crippen LogP contribution in [0, 0.1) is 6.92 Å². The molecule has 69 heavy (non-hydrogen) atoms. The zero-order chi connectivity index (χ0) is 46.8. The molecule has 0 N–H and O–H groups in total. The summed E-state index contributed by atoms with van der Waals surface area (Å²) in [5.41, 5.74) is 23.0. The van der Waals surface area contributed by atoms with Gasteiger partial charge in [0.1, 0.15) is 0 Å². The molecule has 9 aromatic rings. The fraction of sp³-hybridized carbons (Fsp3) is 0.200. The third kappa shape index (κ3) is 6.27. The normalized spacial score (nSPS) is 18.7. The van der Waals surface area contributed by atoms with E-state index in [2.05, 4.69) is 250 Å². The molecule has 4 aliphatic rings. The molecule has 9 aromatic carbocycles. The molecule has 336 valence electrons. The van der Waals surface area contributed by atoms with Gasteiger partial charge < -0.3 is 14.7 Å². The molecule has 3 nitrogen and oxygen atoms in total. The summed E-state index contributed by atoms with van der Waals surface area (Å²) in [4.78, 5) is 7.94. The Kier molecular flexibility index (Phi) is 9.32. The maximum Gasteiger partial charge on any atom is 0.252 e. The number of hydrogen-bond acceptors (Lipinski definition) is 3. The average molecular weight is 892 g/mol. The largest absolute Gasteiger partial charge is 0.335 e.